The lowest BCUT2D eigenvalue weighted by Crippen LogP contribution is -2.14. The molecular formula is C26H22O2. The van der Waals surface area contributed by atoms with Crippen molar-refractivity contribution in [2.75, 3.05) is 7.11 Å². The summed E-state index contributed by atoms with van der Waals surface area (Å²) < 4.78 is 5.56. The summed E-state index contributed by atoms with van der Waals surface area (Å²) in [6.07, 6.45) is 0. The van der Waals surface area contributed by atoms with Crippen LogP contribution in [0.1, 0.15) is 25.0 Å². The summed E-state index contributed by atoms with van der Waals surface area (Å²) in [5.41, 5.74) is 6.96. The molecule has 0 fully saturated rings. The largest absolute Gasteiger partial charge is 0.507 e. The van der Waals surface area contributed by atoms with Crippen molar-refractivity contribution in [3.63, 3.8) is 0 Å². The normalized spacial score (nSPS) is 14.0. The van der Waals surface area contributed by atoms with Crippen molar-refractivity contribution in [3.05, 3.63) is 83.9 Å². The number of phenols is 1. The van der Waals surface area contributed by atoms with Crippen molar-refractivity contribution >= 4 is 10.8 Å². The van der Waals surface area contributed by atoms with Crippen LogP contribution >= 0.6 is 0 Å². The van der Waals surface area contributed by atoms with Gasteiger partial charge in [-0.1, -0.05) is 68.4 Å². The number of hydrogen-bond acceptors (Lipinski definition) is 2. The van der Waals surface area contributed by atoms with Gasteiger partial charge in [0.15, 0.2) is 0 Å². The minimum Gasteiger partial charge on any atom is -0.507 e. The Hall–Kier alpha value is -3.26. The second-order valence-corrected chi connectivity index (χ2v) is 7.95. The molecule has 0 amide bonds. The third-order valence-electron chi connectivity index (χ3n) is 6.05. The van der Waals surface area contributed by atoms with E-state index in [9.17, 15) is 5.11 Å². The van der Waals surface area contributed by atoms with E-state index >= 15 is 0 Å². The second kappa shape index (κ2) is 5.87. The maximum atomic E-state index is 11.0. The van der Waals surface area contributed by atoms with Crippen molar-refractivity contribution in [2.24, 2.45) is 0 Å². The summed E-state index contributed by atoms with van der Waals surface area (Å²) in [7, 11) is 1.67. The van der Waals surface area contributed by atoms with Crippen molar-refractivity contribution in [1.29, 1.82) is 0 Å². The van der Waals surface area contributed by atoms with Crippen LogP contribution in [0.2, 0.25) is 0 Å². The predicted molar refractivity (Wildman–Crippen MR) is 115 cm³/mol. The molecule has 0 aliphatic heterocycles. The second-order valence-electron chi connectivity index (χ2n) is 7.95. The van der Waals surface area contributed by atoms with Gasteiger partial charge in [0.05, 0.1) is 7.11 Å². The molecule has 4 aromatic rings. The number of fused-ring (bicyclic) bond motifs is 5. The summed E-state index contributed by atoms with van der Waals surface area (Å²) in [6.45, 7) is 4.46. The molecule has 0 radical (unpaired) electrons. The highest BCUT2D eigenvalue weighted by molar-refractivity contribution is 6.12. The molecule has 28 heavy (non-hydrogen) atoms. The Morgan fingerprint density at radius 1 is 0.786 bits per heavy atom. The molecule has 0 heterocycles. The Balaban J connectivity index is 2.01. The van der Waals surface area contributed by atoms with Crippen LogP contribution in [0.5, 0.6) is 11.5 Å². The van der Waals surface area contributed by atoms with Crippen LogP contribution in [0.15, 0.2) is 72.8 Å². The molecule has 2 nitrogen and oxygen atoms in total. The molecule has 0 atom stereocenters. The highest BCUT2D eigenvalue weighted by atomic mass is 16.5. The van der Waals surface area contributed by atoms with Crippen LogP contribution in [0.25, 0.3) is 33.0 Å². The average molecular weight is 366 g/mol. The van der Waals surface area contributed by atoms with Gasteiger partial charge in [-0.05, 0) is 51.6 Å². The quantitative estimate of drug-likeness (QED) is 0.437. The summed E-state index contributed by atoms with van der Waals surface area (Å²) >= 11 is 0. The Bertz CT molecular complexity index is 1220. The molecule has 0 aromatic heterocycles. The molecule has 0 saturated heterocycles. The lowest BCUT2D eigenvalue weighted by Gasteiger charge is -2.22. The fraction of sp³-hybridized carbons (Fsp3) is 0.154. The number of hydrogen-bond donors (Lipinski definition) is 1. The van der Waals surface area contributed by atoms with Gasteiger partial charge in [-0.25, -0.2) is 0 Å². The third kappa shape index (κ3) is 2.21. The first-order chi connectivity index (χ1) is 13.5. The van der Waals surface area contributed by atoms with Crippen LogP contribution in [0.4, 0.5) is 0 Å². The SMILES string of the molecule is COc1cc(-c2ccccc2)c2c3c(cc(O)c2c1)C(C)(C)c1ccccc1-3. The highest BCUT2D eigenvalue weighted by Gasteiger charge is 2.37. The number of phenolic OH excluding ortho intramolecular Hbond substituents is 1. The standard InChI is InChI=1S/C26H22O2/c1-26(2)21-12-8-7-11-18(21)25-22(26)15-23(27)20-14-17(28-3)13-19(24(20)25)16-9-5-4-6-10-16/h4-15,27H,1-3H3. The third-order valence-corrected chi connectivity index (χ3v) is 6.05. The van der Waals surface area contributed by atoms with E-state index in [1.54, 1.807) is 7.11 Å². The molecule has 5 rings (SSSR count). The van der Waals surface area contributed by atoms with Gasteiger partial charge in [-0.2, -0.15) is 0 Å². The Labute approximate surface area is 165 Å². The molecule has 0 unspecified atom stereocenters. The first kappa shape index (κ1) is 16.9. The van der Waals surface area contributed by atoms with Crippen LogP contribution in [0, 0.1) is 0 Å². The minimum atomic E-state index is -0.161. The lowest BCUT2D eigenvalue weighted by atomic mass is 9.81. The molecular weight excluding hydrogens is 344 g/mol. The molecule has 138 valence electrons. The van der Waals surface area contributed by atoms with Gasteiger partial charge in [-0.3, -0.25) is 0 Å². The van der Waals surface area contributed by atoms with E-state index < -0.39 is 0 Å². The molecule has 2 heteroatoms. The van der Waals surface area contributed by atoms with Crippen molar-refractivity contribution in [2.45, 2.75) is 19.3 Å². The van der Waals surface area contributed by atoms with Crippen LogP contribution < -0.4 is 4.74 Å². The zero-order chi connectivity index (χ0) is 19.5. The van der Waals surface area contributed by atoms with E-state index in [1.807, 2.05) is 30.3 Å². The number of aromatic hydroxyl groups is 1. The van der Waals surface area contributed by atoms with Gasteiger partial charge < -0.3 is 9.84 Å². The monoisotopic (exact) mass is 366 g/mol. The van der Waals surface area contributed by atoms with E-state index in [0.29, 0.717) is 5.75 Å². The first-order valence-corrected chi connectivity index (χ1v) is 9.56. The molecule has 0 bridgehead atoms. The number of rotatable bonds is 2. The van der Waals surface area contributed by atoms with Gasteiger partial charge in [0.1, 0.15) is 11.5 Å². The molecule has 4 aromatic carbocycles. The number of ether oxygens (including phenoxy) is 1. The topological polar surface area (TPSA) is 29.5 Å². The van der Waals surface area contributed by atoms with E-state index in [0.717, 1.165) is 27.6 Å². The van der Waals surface area contributed by atoms with Gasteiger partial charge in [0.2, 0.25) is 0 Å². The summed E-state index contributed by atoms with van der Waals surface area (Å²) in [4.78, 5) is 0. The Kier molecular flexibility index (Phi) is 3.54. The van der Waals surface area contributed by atoms with Crippen molar-refractivity contribution in [3.8, 4) is 33.8 Å². The molecule has 1 aliphatic carbocycles. The maximum absolute atomic E-state index is 11.0. The van der Waals surface area contributed by atoms with E-state index in [2.05, 4.69) is 56.3 Å². The summed E-state index contributed by atoms with van der Waals surface area (Å²) in [5, 5.41) is 12.9. The van der Waals surface area contributed by atoms with Gasteiger partial charge >= 0.3 is 0 Å². The maximum Gasteiger partial charge on any atom is 0.123 e. The fourth-order valence-electron chi connectivity index (χ4n) is 4.64. The minimum absolute atomic E-state index is 0.161. The Morgan fingerprint density at radius 3 is 2.25 bits per heavy atom. The van der Waals surface area contributed by atoms with E-state index in [4.69, 9.17) is 4.74 Å². The fourth-order valence-corrected chi connectivity index (χ4v) is 4.64. The van der Waals surface area contributed by atoms with Crippen LogP contribution in [0.3, 0.4) is 0 Å². The highest BCUT2D eigenvalue weighted by Crippen LogP contribution is 2.55. The lowest BCUT2D eigenvalue weighted by molar-refractivity contribution is 0.415. The van der Waals surface area contributed by atoms with Crippen molar-refractivity contribution < 1.29 is 9.84 Å². The first-order valence-electron chi connectivity index (χ1n) is 9.56. The smallest absolute Gasteiger partial charge is 0.123 e. The zero-order valence-corrected chi connectivity index (χ0v) is 16.3. The van der Waals surface area contributed by atoms with Gasteiger partial charge in [0, 0.05) is 16.2 Å². The van der Waals surface area contributed by atoms with Crippen molar-refractivity contribution in [1.82, 2.24) is 0 Å². The molecule has 1 N–H and O–H groups in total. The molecule has 0 saturated carbocycles. The number of benzene rings is 4. The predicted octanol–water partition coefficient (Wildman–Crippen LogP) is 6.53. The summed E-state index contributed by atoms with van der Waals surface area (Å²) in [5.74, 6) is 1.04. The van der Waals surface area contributed by atoms with E-state index in [-0.39, 0.29) is 5.41 Å². The van der Waals surface area contributed by atoms with Gasteiger partial charge in [-0.15, -0.1) is 0 Å². The van der Waals surface area contributed by atoms with E-state index in [1.165, 1.54) is 22.3 Å². The summed E-state index contributed by atoms with van der Waals surface area (Å²) in [6, 6.07) is 24.8. The number of methoxy groups -OCH3 is 1. The van der Waals surface area contributed by atoms with Crippen LogP contribution in [-0.4, -0.2) is 12.2 Å². The zero-order valence-electron chi connectivity index (χ0n) is 16.3. The Morgan fingerprint density at radius 2 is 1.50 bits per heavy atom. The molecule has 0 spiro atoms. The molecule has 1 aliphatic rings. The van der Waals surface area contributed by atoms with Crippen LogP contribution in [-0.2, 0) is 5.41 Å². The average Bonchev–Trinajstić information content (AvgIpc) is 2.95. The van der Waals surface area contributed by atoms with Gasteiger partial charge in [0.25, 0.3) is 0 Å².